The second-order valence-corrected chi connectivity index (χ2v) is 8.63. The van der Waals surface area contributed by atoms with Crippen molar-refractivity contribution in [3.63, 3.8) is 0 Å². The Morgan fingerprint density at radius 1 is 0.967 bits per heavy atom. The molecule has 0 aliphatic heterocycles. The number of nitrogens with zero attached hydrogens (tertiary/aromatic N) is 1. The summed E-state index contributed by atoms with van der Waals surface area (Å²) in [4.78, 5) is 13.0. The van der Waals surface area contributed by atoms with E-state index in [9.17, 15) is 13.2 Å². The molecule has 1 amide bonds. The first-order valence-electron chi connectivity index (χ1n) is 9.28. The predicted molar refractivity (Wildman–Crippen MR) is 116 cm³/mol. The Bertz CT molecular complexity index is 993. The summed E-state index contributed by atoms with van der Waals surface area (Å²) >= 11 is 0. The van der Waals surface area contributed by atoms with Crippen molar-refractivity contribution in [1.82, 2.24) is 5.32 Å². The first-order valence-corrected chi connectivity index (χ1v) is 11.1. The quantitative estimate of drug-likeness (QED) is 0.650. The standard InChI is InChI=1S/C21H28N2O6S/c1-14(19-13-18(28-4)10-11-20(19)29-5)22-21(24)15(2)23(30(6,25)26)16-8-7-9-17(12-16)27-3/h7-15H,1-6H3,(H,22,24)/t14-,15+/m0/s1. The van der Waals surface area contributed by atoms with Crippen LogP contribution in [-0.2, 0) is 14.8 Å². The third kappa shape index (κ3) is 5.35. The van der Waals surface area contributed by atoms with Crippen molar-refractivity contribution >= 4 is 21.6 Å². The number of carbonyl (C=O) groups is 1. The van der Waals surface area contributed by atoms with Gasteiger partial charge in [0, 0.05) is 11.6 Å². The monoisotopic (exact) mass is 436 g/mol. The van der Waals surface area contributed by atoms with Crippen molar-refractivity contribution in [2.24, 2.45) is 0 Å². The van der Waals surface area contributed by atoms with Crippen LogP contribution in [0.5, 0.6) is 17.2 Å². The maximum Gasteiger partial charge on any atom is 0.244 e. The van der Waals surface area contributed by atoms with Crippen LogP contribution in [0.1, 0.15) is 25.5 Å². The molecule has 164 valence electrons. The maximum atomic E-state index is 13.0. The minimum absolute atomic E-state index is 0.339. The van der Waals surface area contributed by atoms with Crippen LogP contribution in [0.3, 0.4) is 0 Å². The lowest BCUT2D eigenvalue weighted by Crippen LogP contribution is -2.48. The SMILES string of the molecule is COc1cccc(N([C@H](C)C(=O)N[C@@H](C)c2cc(OC)ccc2OC)S(C)(=O)=O)c1. The highest BCUT2D eigenvalue weighted by atomic mass is 32.2. The van der Waals surface area contributed by atoms with Gasteiger partial charge in [-0.05, 0) is 44.2 Å². The zero-order chi connectivity index (χ0) is 22.5. The summed E-state index contributed by atoms with van der Waals surface area (Å²) < 4.78 is 41.9. The minimum atomic E-state index is -3.74. The number of hydrogen-bond acceptors (Lipinski definition) is 6. The van der Waals surface area contributed by atoms with E-state index < -0.39 is 28.0 Å². The summed E-state index contributed by atoms with van der Waals surface area (Å²) in [6.07, 6.45) is 1.06. The van der Waals surface area contributed by atoms with E-state index in [1.54, 1.807) is 56.5 Å². The molecule has 8 nitrogen and oxygen atoms in total. The maximum absolute atomic E-state index is 13.0. The Hall–Kier alpha value is -2.94. The van der Waals surface area contributed by atoms with Crippen LogP contribution in [-0.4, -0.2) is 48.0 Å². The first-order chi connectivity index (χ1) is 14.1. The third-order valence-corrected chi connectivity index (χ3v) is 5.90. The van der Waals surface area contributed by atoms with Gasteiger partial charge in [-0.3, -0.25) is 9.10 Å². The number of benzene rings is 2. The molecule has 0 bridgehead atoms. The van der Waals surface area contributed by atoms with Crippen LogP contribution in [0.25, 0.3) is 0 Å². The lowest BCUT2D eigenvalue weighted by Gasteiger charge is -2.29. The van der Waals surface area contributed by atoms with Gasteiger partial charge in [0.1, 0.15) is 23.3 Å². The molecule has 0 aliphatic carbocycles. The average molecular weight is 437 g/mol. The molecule has 0 heterocycles. The van der Waals surface area contributed by atoms with Gasteiger partial charge >= 0.3 is 0 Å². The van der Waals surface area contributed by atoms with Crippen molar-refractivity contribution < 1.29 is 27.4 Å². The Balaban J connectivity index is 2.32. The fraction of sp³-hybridized carbons (Fsp3) is 0.381. The van der Waals surface area contributed by atoms with Crippen LogP contribution < -0.4 is 23.8 Å². The van der Waals surface area contributed by atoms with Crippen LogP contribution >= 0.6 is 0 Å². The van der Waals surface area contributed by atoms with E-state index >= 15 is 0 Å². The van der Waals surface area contributed by atoms with Gasteiger partial charge in [-0.25, -0.2) is 8.42 Å². The molecule has 0 aromatic heterocycles. The largest absolute Gasteiger partial charge is 0.497 e. The molecule has 0 saturated heterocycles. The Kier molecular flexibility index (Phi) is 7.55. The molecule has 0 fully saturated rings. The summed E-state index contributed by atoms with van der Waals surface area (Å²) in [7, 11) is 0.839. The lowest BCUT2D eigenvalue weighted by molar-refractivity contribution is -0.122. The second-order valence-electron chi connectivity index (χ2n) is 6.77. The number of anilines is 1. The highest BCUT2D eigenvalue weighted by Crippen LogP contribution is 2.30. The number of ether oxygens (including phenoxy) is 3. The van der Waals surface area contributed by atoms with Gasteiger partial charge in [-0.1, -0.05) is 6.07 Å². The van der Waals surface area contributed by atoms with Crippen molar-refractivity contribution in [1.29, 1.82) is 0 Å². The van der Waals surface area contributed by atoms with E-state index in [1.807, 2.05) is 0 Å². The highest BCUT2D eigenvalue weighted by Gasteiger charge is 2.30. The van der Waals surface area contributed by atoms with Gasteiger partial charge in [-0.15, -0.1) is 0 Å². The molecule has 0 aliphatic rings. The molecule has 30 heavy (non-hydrogen) atoms. The summed E-state index contributed by atoms with van der Waals surface area (Å²) in [5, 5.41) is 2.86. The molecule has 9 heteroatoms. The molecule has 1 N–H and O–H groups in total. The second kappa shape index (κ2) is 9.71. The Morgan fingerprint density at radius 2 is 1.60 bits per heavy atom. The van der Waals surface area contributed by atoms with Gasteiger partial charge in [0.15, 0.2) is 0 Å². The number of methoxy groups -OCH3 is 3. The number of hydrogen-bond donors (Lipinski definition) is 1. The Labute approximate surface area is 177 Å². The van der Waals surface area contributed by atoms with Crippen molar-refractivity contribution in [3.8, 4) is 17.2 Å². The molecule has 0 saturated carbocycles. The van der Waals surface area contributed by atoms with Gasteiger partial charge in [-0.2, -0.15) is 0 Å². The van der Waals surface area contributed by atoms with Gasteiger partial charge in [0.25, 0.3) is 0 Å². The molecule has 2 aromatic rings. The van der Waals surface area contributed by atoms with E-state index in [4.69, 9.17) is 14.2 Å². The van der Waals surface area contributed by atoms with Crippen LogP contribution in [0.15, 0.2) is 42.5 Å². The van der Waals surface area contributed by atoms with E-state index in [2.05, 4.69) is 5.32 Å². The number of carbonyl (C=O) groups excluding carboxylic acids is 1. The molecule has 2 rings (SSSR count). The zero-order valence-electron chi connectivity index (χ0n) is 18.0. The molecule has 0 unspecified atom stereocenters. The van der Waals surface area contributed by atoms with Gasteiger partial charge < -0.3 is 19.5 Å². The minimum Gasteiger partial charge on any atom is -0.497 e. The molecule has 0 radical (unpaired) electrons. The topological polar surface area (TPSA) is 94.2 Å². The third-order valence-electron chi connectivity index (χ3n) is 4.66. The summed E-state index contributed by atoms with van der Waals surface area (Å²) in [6.45, 7) is 3.32. The smallest absolute Gasteiger partial charge is 0.244 e. The van der Waals surface area contributed by atoms with Crippen molar-refractivity contribution in [2.75, 3.05) is 31.9 Å². The van der Waals surface area contributed by atoms with Crippen LogP contribution in [0.4, 0.5) is 5.69 Å². The Morgan fingerprint density at radius 3 is 2.17 bits per heavy atom. The molecular formula is C21H28N2O6S. The van der Waals surface area contributed by atoms with E-state index in [-0.39, 0.29) is 0 Å². The average Bonchev–Trinajstić information content (AvgIpc) is 2.72. The van der Waals surface area contributed by atoms with Crippen molar-refractivity contribution in [3.05, 3.63) is 48.0 Å². The normalized spacial score (nSPS) is 13.1. The number of amides is 1. The predicted octanol–water partition coefficient (Wildman–Crippen LogP) is 2.74. The highest BCUT2D eigenvalue weighted by molar-refractivity contribution is 7.92. The zero-order valence-corrected chi connectivity index (χ0v) is 18.8. The molecule has 2 aromatic carbocycles. The fourth-order valence-corrected chi connectivity index (χ4v) is 4.31. The lowest BCUT2D eigenvalue weighted by atomic mass is 10.1. The summed E-state index contributed by atoms with van der Waals surface area (Å²) in [5.41, 5.74) is 1.05. The van der Waals surface area contributed by atoms with Gasteiger partial charge in [0.05, 0.1) is 39.3 Å². The van der Waals surface area contributed by atoms with Crippen LogP contribution in [0.2, 0.25) is 0 Å². The van der Waals surface area contributed by atoms with E-state index in [1.165, 1.54) is 21.1 Å². The number of nitrogens with one attached hydrogen (secondary N) is 1. The fourth-order valence-electron chi connectivity index (χ4n) is 3.15. The van der Waals surface area contributed by atoms with E-state index in [0.29, 0.717) is 28.5 Å². The summed E-state index contributed by atoms with van der Waals surface area (Å²) in [5.74, 6) is 1.24. The molecule has 0 spiro atoms. The number of sulfonamides is 1. The van der Waals surface area contributed by atoms with Gasteiger partial charge in [0.2, 0.25) is 15.9 Å². The molecule has 2 atom stereocenters. The summed E-state index contributed by atoms with van der Waals surface area (Å²) in [6, 6.07) is 10.4. The number of rotatable bonds is 9. The van der Waals surface area contributed by atoms with E-state index in [0.717, 1.165) is 10.6 Å². The van der Waals surface area contributed by atoms with Crippen molar-refractivity contribution in [2.45, 2.75) is 25.9 Å². The first kappa shape index (κ1) is 23.3. The van der Waals surface area contributed by atoms with Crippen LogP contribution in [0, 0.1) is 0 Å². The molecular weight excluding hydrogens is 408 g/mol.